The van der Waals surface area contributed by atoms with Gasteiger partial charge < -0.3 is 9.47 Å². The summed E-state index contributed by atoms with van der Waals surface area (Å²) in [7, 11) is 0. The van der Waals surface area contributed by atoms with Crippen molar-refractivity contribution in [3.63, 3.8) is 0 Å². The molecule has 0 saturated carbocycles. The van der Waals surface area contributed by atoms with Gasteiger partial charge in [0.1, 0.15) is 0 Å². The SMILES string of the molecule is Cc1ccc(C/C=C/c2ccc3c(c2)OCO3)cc1. The molecule has 0 aromatic heterocycles. The second-order valence-electron chi connectivity index (χ2n) is 4.70. The lowest BCUT2D eigenvalue weighted by Gasteiger charge is -1.99. The summed E-state index contributed by atoms with van der Waals surface area (Å²) >= 11 is 0. The lowest BCUT2D eigenvalue weighted by molar-refractivity contribution is 0.174. The van der Waals surface area contributed by atoms with Crippen LogP contribution in [-0.2, 0) is 6.42 Å². The molecule has 0 saturated heterocycles. The number of rotatable bonds is 3. The molecule has 0 atom stereocenters. The number of allylic oxidation sites excluding steroid dienone is 1. The number of benzene rings is 2. The van der Waals surface area contributed by atoms with Crippen molar-refractivity contribution < 1.29 is 9.47 Å². The Morgan fingerprint density at radius 3 is 2.63 bits per heavy atom. The fourth-order valence-electron chi connectivity index (χ4n) is 2.07. The molecule has 0 N–H and O–H groups in total. The molecule has 1 aliphatic heterocycles. The van der Waals surface area contributed by atoms with Crippen molar-refractivity contribution in [1.29, 1.82) is 0 Å². The van der Waals surface area contributed by atoms with Gasteiger partial charge in [-0.25, -0.2) is 0 Å². The molecule has 0 unspecified atom stereocenters. The van der Waals surface area contributed by atoms with E-state index in [-0.39, 0.29) is 0 Å². The molecule has 0 radical (unpaired) electrons. The van der Waals surface area contributed by atoms with E-state index in [0.29, 0.717) is 6.79 Å². The Hall–Kier alpha value is -2.22. The van der Waals surface area contributed by atoms with Crippen LogP contribution in [0.25, 0.3) is 6.08 Å². The van der Waals surface area contributed by atoms with Crippen molar-refractivity contribution in [2.24, 2.45) is 0 Å². The van der Waals surface area contributed by atoms with Gasteiger partial charge in [-0.15, -0.1) is 0 Å². The maximum atomic E-state index is 5.36. The predicted octanol–water partition coefficient (Wildman–Crippen LogP) is 3.98. The molecule has 0 spiro atoms. The Bertz CT molecular complexity index is 597. The van der Waals surface area contributed by atoms with Gasteiger partial charge >= 0.3 is 0 Å². The van der Waals surface area contributed by atoms with E-state index in [9.17, 15) is 0 Å². The number of aryl methyl sites for hydroxylation is 1. The third-order valence-electron chi connectivity index (χ3n) is 3.18. The standard InChI is InChI=1S/C17H16O2/c1-13-5-7-14(8-6-13)3-2-4-15-9-10-16-17(11-15)19-12-18-16/h2,4-11H,3,12H2,1H3/b4-2+. The topological polar surface area (TPSA) is 18.5 Å². The molecule has 3 rings (SSSR count). The van der Waals surface area contributed by atoms with Gasteiger partial charge in [0.2, 0.25) is 6.79 Å². The Kier molecular flexibility index (Phi) is 3.23. The maximum absolute atomic E-state index is 5.36. The van der Waals surface area contributed by atoms with E-state index >= 15 is 0 Å². The van der Waals surface area contributed by atoms with Crippen molar-refractivity contribution in [3.05, 3.63) is 65.2 Å². The second kappa shape index (κ2) is 5.19. The molecule has 2 heteroatoms. The zero-order valence-electron chi connectivity index (χ0n) is 10.9. The summed E-state index contributed by atoms with van der Waals surface area (Å²) in [5.74, 6) is 1.66. The van der Waals surface area contributed by atoms with Gasteiger partial charge in [-0.2, -0.15) is 0 Å². The van der Waals surface area contributed by atoms with Crippen molar-refractivity contribution >= 4 is 6.08 Å². The van der Waals surface area contributed by atoms with E-state index in [4.69, 9.17) is 9.47 Å². The van der Waals surface area contributed by atoms with Crippen molar-refractivity contribution in [2.75, 3.05) is 6.79 Å². The minimum absolute atomic E-state index is 0.325. The molecule has 19 heavy (non-hydrogen) atoms. The average Bonchev–Trinajstić information content (AvgIpc) is 2.88. The first-order valence-corrected chi connectivity index (χ1v) is 6.43. The molecule has 0 amide bonds. The zero-order chi connectivity index (χ0) is 13.1. The second-order valence-corrected chi connectivity index (χ2v) is 4.70. The highest BCUT2D eigenvalue weighted by Gasteiger charge is 2.11. The van der Waals surface area contributed by atoms with Crippen LogP contribution in [0, 0.1) is 6.92 Å². The van der Waals surface area contributed by atoms with Crippen molar-refractivity contribution in [2.45, 2.75) is 13.3 Å². The van der Waals surface area contributed by atoms with Crippen molar-refractivity contribution in [3.8, 4) is 11.5 Å². The lowest BCUT2D eigenvalue weighted by Crippen LogP contribution is -1.92. The van der Waals surface area contributed by atoms with E-state index in [1.165, 1.54) is 11.1 Å². The van der Waals surface area contributed by atoms with E-state index < -0.39 is 0 Å². The van der Waals surface area contributed by atoms with E-state index in [1.807, 2.05) is 18.2 Å². The highest BCUT2D eigenvalue weighted by molar-refractivity contribution is 5.56. The monoisotopic (exact) mass is 252 g/mol. The Labute approximate surface area is 113 Å². The molecule has 2 aromatic carbocycles. The molecule has 1 heterocycles. The molecular formula is C17H16O2. The number of hydrogen-bond donors (Lipinski definition) is 0. The number of hydrogen-bond acceptors (Lipinski definition) is 2. The predicted molar refractivity (Wildman–Crippen MR) is 76.5 cm³/mol. The average molecular weight is 252 g/mol. The van der Waals surface area contributed by atoms with Crippen LogP contribution in [0.2, 0.25) is 0 Å². The molecule has 0 aliphatic carbocycles. The highest BCUT2D eigenvalue weighted by Crippen LogP contribution is 2.32. The zero-order valence-corrected chi connectivity index (χ0v) is 10.9. The highest BCUT2D eigenvalue weighted by atomic mass is 16.7. The van der Waals surface area contributed by atoms with Crippen LogP contribution < -0.4 is 9.47 Å². The van der Waals surface area contributed by atoms with Gasteiger partial charge in [0.15, 0.2) is 11.5 Å². The maximum Gasteiger partial charge on any atom is 0.231 e. The Morgan fingerprint density at radius 1 is 1.00 bits per heavy atom. The first-order chi connectivity index (χ1) is 9.31. The van der Waals surface area contributed by atoms with E-state index in [0.717, 1.165) is 23.5 Å². The molecule has 2 nitrogen and oxygen atoms in total. The minimum atomic E-state index is 0.325. The van der Waals surface area contributed by atoms with Crippen LogP contribution in [0.5, 0.6) is 11.5 Å². The first kappa shape index (κ1) is 11.8. The van der Waals surface area contributed by atoms with Crippen LogP contribution in [0.3, 0.4) is 0 Å². The summed E-state index contributed by atoms with van der Waals surface area (Å²) in [6.45, 7) is 2.43. The molecule has 0 fully saturated rings. The molecular weight excluding hydrogens is 236 g/mol. The van der Waals surface area contributed by atoms with Crippen LogP contribution in [0.15, 0.2) is 48.5 Å². The van der Waals surface area contributed by atoms with Gasteiger partial charge in [0, 0.05) is 0 Å². The Morgan fingerprint density at radius 2 is 1.79 bits per heavy atom. The Balaban J connectivity index is 1.67. The normalized spacial score (nSPS) is 13.1. The largest absolute Gasteiger partial charge is 0.454 e. The van der Waals surface area contributed by atoms with Crippen LogP contribution in [0.1, 0.15) is 16.7 Å². The molecule has 0 bridgehead atoms. The van der Waals surface area contributed by atoms with E-state index in [1.54, 1.807) is 0 Å². The van der Waals surface area contributed by atoms with Gasteiger partial charge in [0.25, 0.3) is 0 Å². The fourth-order valence-corrected chi connectivity index (χ4v) is 2.07. The van der Waals surface area contributed by atoms with Gasteiger partial charge in [-0.1, -0.05) is 48.0 Å². The van der Waals surface area contributed by atoms with Crippen molar-refractivity contribution in [1.82, 2.24) is 0 Å². The van der Waals surface area contributed by atoms with Crippen LogP contribution in [0.4, 0.5) is 0 Å². The fraction of sp³-hybridized carbons (Fsp3) is 0.176. The summed E-state index contributed by atoms with van der Waals surface area (Å²) in [6.07, 6.45) is 5.22. The van der Waals surface area contributed by atoms with Gasteiger partial charge in [-0.3, -0.25) is 0 Å². The minimum Gasteiger partial charge on any atom is -0.454 e. The van der Waals surface area contributed by atoms with E-state index in [2.05, 4.69) is 43.3 Å². The van der Waals surface area contributed by atoms with Crippen LogP contribution >= 0.6 is 0 Å². The summed E-state index contributed by atoms with van der Waals surface area (Å²) in [5, 5.41) is 0. The lowest BCUT2D eigenvalue weighted by atomic mass is 10.1. The molecule has 2 aromatic rings. The molecule has 1 aliphatic rings. The first-order valence-electron chi connectivity index (χ1n) is 6.43. The summed E-state index contributed by atoms with van der Waals surface area (Å²) in [4.78, 5) is 0. The van der Waals surface area contributed by atoms with Crippen LogP contribution in [-0.4, -0.2) is 6.79 Å². The summed E-state index contributed by atoms with van der Waals surface area (Å²) < 4.78 is 10.7. The summed E-state index contributed by atoms with van der Waals surface area (Å²) in [5.41, 5.74) is 3.75. The number of fused-ring (bicyclic) bond motifs is 1. The smallest absolute Gasteiger partial charge is 0.231 e. The number of ether oxygens (including phenoxy) is 2. The third kappa shape index (κ3) is 2.79. The van der Waals surface area contributed by atoms with Gasteiger partial charge in [-0.05, 0) is 36.6 Å². The third-order valence-corrected chi connectivity index (χ3v) is 3.18. The van der Waals surface area contributed by atoms with Gasteiger partial charge in [0.05, 0.1) is 0 Å². The molecule has 96 valence electrons. The quantitative estimate of drug-likeness (QED) is 0.822. The summed E-state index contributed by atoms with van der Waals surface area (Å²) in [6, 6.07) is 14.6.